The van der Waals surface area contributed by atoms with Gasteiger partial charge in [-0.25, -0.2) is 29.9 Å². The van der Waals surface area contributed by atoms with E-state index in [1.165, 1.54) is 10.1 Å². The van der Waals surface area contributed by atoms with E-state index in [9.17, 15) is 0 Å². The van der Waals surface area contributed by atoms with Crippen molar-refractivity contribution in [1.29, 1.82) is 0 Å². The average Bonchev–Trinajstić information content (AvgIpc) is 3.58. The van der Waals surface area contributed by atoms with E-state index in [4.69, 9.17) is 4.98 Å². The number of hydrogen-bond donors (Lipinski definition) is 1. The van der Waals surface area contributed by atoms with Crippen LogP contribution in [0.1, 0.15) is 19.2 Å². The van der Waals surface area contributed by atoms with Crippen LogP contribution in [0.3, 0.4) is 0 Å². The highest BCUT2D eigenvalue weighted by molar-refractivity contribution is 7.17. The molecule has 0 saturated carbocycles. The second-order valence-corrected chi connectivity index (χ2v) is 9.08. The Morgan fingerprint density at radius 1 is 1.12 bits per heavy atom. The minimum Gasteiger partial charge on any atom is -0.364 e. The van der Waals surface area contributed by atoms with Gasteiger partial charge in [-0.15, -0.1) is 11.3 Å². The van der Waals surface area contributed by atoms with E-state index >= 15 is 0 Å². The largest absolute Gasteiger partial charge is 0.364 e. The van der Waals surface area contributed by atoms with E-state index in [-0.39, 0.29) is 6.04 Å². The molecular weight excluding hydrogens is 434 g/mol. The molecule has 5 aromatic rings. The van der Waals surface area contributed by atoms with Crippen LogP contribution in [-0.4, -0.2) is 53.6 Å². The third kappa shape index (κ3) is 3.46. The van der Waals surface area contributed by atoms with Gasteiger partial charge in [-0.05, 0) is 37.8 Å². The number of thiophene rings is 1. The van der Waals surface area contributed by atoms with E-state index in [0.29, 0.717) is 0 Å². The van der Waals surface area contributed by atoms with Gasteiger partial charge in [-0.1, -0.05) is 0 Å². The van der Waals surface area contributed by atoms with Crippen molar-refractivity contribution in [2.75, 3.05) is 23.3 Å². The number of nitrogens with zero attached hydrogens (tertiary/aromatic N) is 8. The summed E-state index contributed by atoms with van der Waals surface area (Å²) in [6.45, 7) is 6.51. The van der Waals surface area contributed by atoms with Gasteiger partial charge in [0.25, 0.3) is 0 Å². The van der Waals surface area contributed by atoms with E-state index < -0.39 is 0 Å². The smallest absolute Gasteiger partial charge is 0.165 e. The van der Waals surface area contributed by atoms with Gasteiger partial charge in [-0.3, -0.25) is 0 Å². The molecule has 0 radical (unpaired) electrons. The summed E-state index contributed by atoms with van der Waals surface area (Å²) in [5, 5.41) is 6.97. The monoisotopic (exact) mass is 457 g/mol. The van der Waals surface area contributed by atoms with Crippen LogP contribution in [0.15, 0.2) is 42.4 Å². The van der Waals surface area contributed by atoms with Crippen molar-refractivity contribution in [3.8, 4) is 11.4 Å². The molecule has 166 valence electrons. The molecule has 1 N–H and O–H groups in total. The van der Waals surface area contributed by atoms with E-state index in [2.05, 4.69) is 64.1 Å². The Kier molecular flexibility index (Phi) is 4.87. The molecule has 0 amide bonds. The first kappa shape index (κ1) is 20.0. The Hall–Kier alpha value is -3.66. The Labute approximate surface area is 194 Å². The average molecular weight is 458 g/mol. The zero-order valence-corrected chi connectivity index (χ0v) is 19.2. The highest BCUT2D eigenvalue weighted by atomic mass is 32.1. The minimum absolute atomic E-state index is 0.247. The molecule has 0 bridgehead atoms. The van der Waals surface area contributed by atoms with E-state index in [0.717, 1.165) is 66.1 Å². The minimum atomic E-state index is 0.247. The first-order chi connectivity index (χ1) is 16.2. The van der Waals surface area contributed by atoms with Crippen LogP contribution in [0.4, 0.5) is 11.6 Å². The lowest BCUT2D eigenvalue weighted by atomic mass is 10.2. The fraction of sp³-hybridized carbons (Fsp3) is 0.304. The summed E-state index contributed by atoms with van der Waals surface area (Å²) < 4.78 is 3.35. The maximum atomic E-state index is 4.91. The lowest BCUT2D eigenvalue weighted by molar-refractivity contribution is 0.783. The van der Waals surface area contributed by atoms with Gasteiger partial charge < -0.3 is 14.8 Å². The lowest BCUT2D eigenvalue weighted by Crippen LogP contribution is -2.27. The van der Waals surface area contributed by atoms with Gasteiger partial charge in [0.05, 0.1) is 5.56 Å². The van der Waals surface area contributed by atoms with Crippen molar-refractivity contribution in [1.82, 2.24) is 34.5 Å². The maximum Gasteiger partial charge on any atom is 0.165 e. The van der Waals surface area contributed by atoms with Crippen LogP contribution in [0.2, 0.25) is 0 Å². The number of imidazole rings is 1. The molecule has 6 rings (SSSR count). The third-order valence-electron chi connectivity index (χ3n) is 6.07. The SMILES string of the molecule is CCn1c(-c2cnc(C)nc2)nc2c(N[C@H]3CCN(c4nccc5sccc45)C3)ncnc21. The maximum absolute atomic E-state index is 4.91. The molecule has 0 spiro atoms. The van der Waals surface area contributed by atoms with Crippen molar-refractivity contribution < 1.29 is 0 Å². The quantitative estimate of drug-likeness (QED) is 0.424. The van der Waals surface area contributed by atoms with Crippen LogP contribution < -0.4 is 10.2 Å². The molecule has 1 aliphatic rings. The molecule has 1 aliphatic heterocycles. The summed E-state index contributed by atoms with van der Waals surface area (Å²) in [6.07, 6.45) is 8.12. The number of aromatic nitrogens is 7. The summed E-state index contributed by atoms with van der Waals surface area (Å²) in [5.41, 5.74) is 2.45. The molecule has 0 unspecified atom stereocenters. The molecule has 5 aromatic heterocycles. The van der Waals surface area contributed by atoms with Crippen molar-refractivity contribution in [3.63, 3.8) is 0 Å². The zero-order chi connectivity index (χ0) is 22.4. The highest BCUT2D eigenvalue weighted by Gasteiger charge is 2.26. The number of pyridine rings is 1. The molecular formula is C23H23N9S. The number of hydrogen-bond acceptors (Lipinski definition) is 9. The van der Waals surface area contributed by atoms with Crippen molar-refractivity contribution >= 4 is 44.2 Å². The number of rotatable bonds is 5. The van der Waals surface area contributed by atoms with Gasteiger partial charge >= 0.3 is 0 Å². The zero-order valence-electron chi connectivity index (χ0n) is 18.4. The molecule has 1 saturated heterocycles. The fourth-order valence-electron chi connectivity index (χ4n) is 4.47. The van der Waals surface area contributed by atoms with Gasteiger partial charge in [0.1, 0.15) is 23.8 Å². The summed E-state index contributed by atoms with van der Waals surface area (Å²) in [6, 6.07) is 4.48. The van der Waals surface area contributed by atoms with Crippen LogP contribution in [0.25, 0.3) is 32.6 Å². The summed E-state index contributed by atoms with van der Waals surface area (Å²) in [5.74, 6) is 3.36. The van der Waals surface area contributed by atoms with Crippen LogP contribution in [0.5, 0.6) is 0 Å². The predicted octanol–water partition coefficient (Wildman–Crippen LogP) is 3.91. The summed E-state index contributed by atoms with van der Waals surface area (Å²) >= 11 is 1.75. The number of fused-ring (bicyclic) bond motifs is 2. The lowest BCUT2D eigenvalue weighted by Gasteiger charge is -2.19. The molecule has 1 fully saturated rings. The molecule has 1 atom stereocenters. The first-order valence-corrected chi connectivity index (χ1v) is 11.9. The molecule has 33 heavy (non-hydrogen) atoms. The van der Waals surface area contributed by atoms with Crippen LogP contribution >= 0.6 is 11.3 Å². The van der Waals surface area contributed by atoms with Crippen molar-refractivity contribution in [3.05, 3.63) is 48.3 Å². The number of aryl methyl sites for hydroxylation is 2. The van der Waals surface area contributed by atoms with Crippen LogP contribution in [-0.2, 0) is 6.54 Å². The summed E-state index contributed by atoms with van der Waals surface area (Å²) in [4.78, 5) is 29.7. The standard InChI is InChI=1S/C23H23N9S/c1-3-32-21(15-10-25-14(2)26-11-15)30-19-20(27-13-28-23(19)32)29-16-5-8-31(12-16)22-17-6-9-33-18(17)4-7-24-22/h4,6-7,9-11,13,16H,3,5,8,12H2,1-2H3,(H,27,28,29)/t16-/m0/s1. The van der Waals surface area contributed by atoms with Gasteiger partial charge in [-0.2, -0.15) is 0 Å². The topological polar surface area (TPSA) is 97.5 Å². The third-order valence-corrected chi connectivity index (χ3v) is 6.96. The summed E-state index contributed by atoms with van der Waals surface area (Å²) in [7, 11) is 0. The van der Waals surface area contributed by atoms with Gasteiger partial charge in [0.2, 0.25) is 0 Å². The molecule has 6 heterocycles. The van der Waals surface area contributed by atoms with Gasteiger partial charge in [0, 0.05) is 54.4 Å². The second kappa shape index (κ2) is 8.04. The molecule has 10 heteroatoms. The normalized spacial score (nSPS) is 16.2. The number of nitrogens with one attached hydrogen (secondary N) is 1. The van der Waals surface area contributed by atoms with E-state index in [1.807, 2.05) is 25.5 Å². The molecule has 9 nitrogen and oxygen atoms in total. The molecule has 0 aromatic carbocycles. The Bertz CT molecular complexity index is 1440. The second-order valence-electron chi connectivity index (χ2n) is 8.14. The van der Waals surface area contributed by atoms with Crippen LogP contribution in [0, 0.1) is 6.92 Å². The first-order valence-electron chi connectivity index (χ1n) is 11.0. The highest BCUT2D eigenvalue weighted by Crippen LogP contribution is 2.32. The van der Waals surface area contributed by atoms with Crippen molar-refractivity contribution in [2.24, 2.45) is 0 Å². The number of anilines is 2. The van der Waals surface area contributed by atoms with Gasteiger partial charge in [0.15, 0.2) is 17.0 Å². The fourth-order valence-corrected chi connectivity index (χ4v) is 5.24. The predicted molar refractivity (Wildman–Crippen MR) is 131 cm³/mol. The van der Waals surface area contributed by atoms with Crippen molar-refractivity contribution in [2.45, 2.75) is 32.9 Å². The Morgan fingerprint density at radius 2 is 2.00 bits per heavy atom. The van der Waals surface area contributed by atoms with E-state index in [1.54, 1.807) is 17.7 Å². The molecule has 0 aliphatic carbocycles. The Balaban J connectivity index is 1.30. The Morgan fingerprint density at radius 3 is 2.85 bits per heavy atom.